The number of primary amides is 1. The van der Waals surface area contributed by atoms with E-state index in [9.17, 15) is 19.7 Å². The zero-order valence-electron chi connectivity index (χ0n) is 13.8. The Morgan fingerprint density at radius 3 is 2.72 bits per heavy atom. The molecule has 2 amide bonds. The maximum atomic E-state index is 11.9. The normalized spacial score (nSPS) is 23.1. The summed E-state index contributed by atoms with van der Waals surface area (Å²) in [6.07, 6.45) is 3.67. The molecule has 9 nitrogen and oxygen atoms in total. The Morgan fingerprint density at radius 1 is 1.40 bits per heavy atom. The van der Waals surface area contributed by atoms with Gasteiger partial charge >= 0.3 is 0 Å². The first-order valence-corrected chi connectivity index (χ1v) is 8.38. The third kappa shape index (κ3) is 3.86. The molecule has 2 atom stereocenters. The molecule has 0 aromatic carbocycles. The molecular formula is C16H21N5O4. The monoisotopic (exact) mass is 347 g/mol. The molecule has 2 fully saturated rings. The lowest BCUT2D eigenvalue weighted by Gasteiger charge is -2.33. The lowest BCUT2D eigenvalue weighted by molar-refractivity contribution is -0.497. The Morgan fingerprint density at radius 2 is 2.12 bits per heavy atom. The topological polar surface area (TPSA) is 131 Å². The van der Waals surface area contributed by atoms with Crippen LogP contribution in [0.25, 0.3) is 0 Å². The number of nitrogens with one attached hydrogen (secondary N) is 1. The minimum absolute atomic E-state index is 0.218. The third-order valence-electron chi connectivity index (χ3n) is 4.90. The number of hydrogen-bond donors (Lipinski definition) is 2. The fraction of sp³-hybridized carbons (Fsp3) is 0.562. The van der Waals surface area contributed by atoms with Gasteiger partial charge in [-0.1, -0.05) is 0 Å². The lowest BCUT2D eigenvalue weighted by Crippen LogP contribution is -2.40. The molecule has 1 saturated heterocycles. The Hall–Kier alpha value is -2.71. The summed E-state index contributed by atoms with van der Waals surface area (Å²) in [6.45, 7) is 1.97. The Labute approximate surface area is 144 Å². The minimum atomic E-state index is -0.710. The van der Waals surface area contributed by atoms with Crippen molar-refractivity contribution in [3.8, 4) is 0 Å². The molecule has 1 saturated carbocycles. The number of rotatable bonds is 6. The van der Waals surface area contributed by atoms with Gasteiger partial charge in [-0.15, -0.1) is 0 Å². The van der Waals surface area contributed by atoms with Gasteiger partial charge in [-0.25, -0.2) is 4.98 Å². The maximum absolute atomic E-state index is 11.9. The van der Waals surface area contributed by atoms with E-state index in [0.717, 1.165) is 25.9 Å². The quantitative estimate of drug-likeness (QED) is 0.557. The second-order valence-electron chi connectivity index (χ2n) is 6.61. The van der Waals surface area contributed by atoms with E-state index in [1.54, 1.807) is 18.3 Å². The van der Waals surface area contributed by atoms with Gasteiger partial charge in [0.15, 0.2) is 0 Å². The molecule has 3 rings (SSSR count). The molecule has 9 heteroatoms. The molecule has 25 heavy (non-hydrogen) atoms. The Balaban J connectivity index is 1.47. The second kappa shape index (κ2) is 7.04. The van der Waals surface area contributed by atoms with Crippen LogP contribution < -0.4 is 16.0 Å². The molecule has 1 aromatic heterocycles. The summed E-state index contributed by atoms with van der Waals surface area (Å²) in [5, 5.41) is 13.4. The van der Waals surface area contributed by atoms with Crippen LogP contribution in [-0.4, -0.2) is 47.4 Å². The van der Waals surface area contributed by atoms with Gasteiger partial charge in [-0.2, -0.15) is 0 Å². The Kier molecular flexibility index (Phi) is 4.82. The van der Waals surface area contributed by atoms with E-state index in [-0.39, 0.29) is 10.8 Å². The van der Waals surface area contributed by atoms with Gasteiger partial charge in [-0.05, 0) is 30.9 Å². The molecule has 1 aliphatic carbocycles. The van der Waals surface area contributed by atoms with E-state index in [1.165, 1.54) is 0 Å². The van der Waals surface area contributed by atoms with Crippen molar-refractivity contribution in [1.82, 2.24) is 10.3 Å². The number of nitrogens with zero attached hydrogens (tertiary/aromatic N) is 3. The summed E-state index contributed by atoms with van der Waals surface area (Å²) in [5.41, 5.74) is 5.81. The number of piperidine rings is 1. The number of nitro groups is 1. The maximum Gasteiger partial charge on any atom is 0.252 e. The van der Waals surface area contributed by atoms with Crippen LogP contribution in [0.4, 0.5) is 5.82 Å². The molecule has 2 aliphatic rings. The molecule has 3 N–H and O–H groups in total. The van der Waals surface area contributed by atoms with E-state index in [2.05, 4.69) is 10.3 Å². The molecule has 0 bridgehead atoms. The average Bonchev–Trinajstić information content (AvgIpc) is 3.41. The van der Waals surface area contributed by atoms with Crippen LogP contribution in [0.2, 0.25) is 0 Å². The van der Waals surface area contributed by atoms with Crippen molar-refractivity contribution in [1.29, 1.82) is 0 Å². The first-order valence-electron chi connectivity index (χ1n) is 8.38. The summed E-state index contributed by atoms with van der Waals surface area (Å²) in [4.78, 5) is 39.9. The van der Waals surface area contributed by atoms with E-state index in [1.807, 2.05) is 4.90 Å². The van der Waals surface area contributed by atoms with Gasteiger partial charge in [0, 0.05) is 37.2 Å². The zero-order valence-corrected chi connectivity index (χ0v) is 13.8. The van der Waals surface area contributed by atoms with E-state index in [0.29, 0.717) is 30.3 Å². The molecule has 1 aromatic rings. The number of aromatic nitrogens is 1. The van der Waals surface area contributed by atoms with Crippen molar-refractivity contribution in [3.05, 3.63) is 34.0 Å². The highest BCUT2D eigenvalue weighted by Gasteiger charge is 2.53. The predicted octanol–water partition coefficient (Wildman–Crippen LogP) is 0.178. The summed E-state index contributed by atoms with van der Waals surface area (Å²) in [5.74, 6) is -0.271. The summed E-state index contributed by atoms with van der Waals surface area (Å²) in [6, 6.07) is 2.64. The fourth-order valence-electron chi connectivity index (χ4n) is 3.26. The largest absolute Gasteiger partial charge is 0.365 e. The minimum Gasteiger partial charge on any atom is -0.365 e. The highest BCUT2D eigenvalue weighted by Crippen LogP contribution is 2.33. The SMILES string of the molecule is NC(=O)c1cccnc1N1CCC(CNC(=O)[C@H]2C[C@@H]2[N+](=O)[O-])CC1. The first kappa shape index (κ1) is 17.1. The standard InChI is InChI=1S/C16H21N5O4/c17-14(22)11-2-1-5-18-15(11)20-6-3-10(4-7-20)9-19-16(23)12-8-13(12)21(24)25/h1-2,5,10,12-13H,3-4,6-9H2,(H2,17,22)(H,19,23)/t12-,13-/m0/s1. The van der Waals surface area contributed by atoms with E-state index < -0.39 is 17.9 Å². The van der Waals surface area contributed by atoms with Crippen LogP contribution >= 0.6 is 0 Å². The van der Waals surface area contributed by atoms with Gasteiger partial charge < -0.3 is 16.0 Å². The van der Waals surface area contributed by atoms with Gasteiger partial charge in [-0.3, -0.25) is 19.7 Å². The fourth-order valence-corrected chi connectivity index (χ4v) is 3.26. The summed E-state index contributed by atoms with van der Waals surface area (Å²) < 4.78 is 0. The molecule has 1 aliphatic heterocycles. The van der Waals surface area contributed by atoms with Crippen LogP contribution in [0, 0.1) is 22.0 Å². The number of hydrogen-bond acceptors (Lipinski definition) is 6. The van der Waals surface area contributed by atoms with Gasteiger partial charge in [0.25, 0.3) is 5.91 Å². The van der Waals surface area contributed by atoms with Crippen molar-refractivity contribution < 1.29 is 14.5 Å². The molecule has 134 valence electrons. The van der Waals surface area contributed by atoms with Gasteiger partial charge in [0.2, 0.25) is 11.9 Å². The average molecular weight is 347 g/mol. The first-order chi connectivity index (χ1) is 12.0. The highest BCUT2D eigenvalue weighted by molar-refractivity contribution is 5.97. The molecule has 0 unspecified atom stereocenters. The number of nitrogens with two attached hydrogens (primary N) is 1. The number of carbonyl (C=O) groups is 2. The van der Waals surface area contributed by atoms with Crippen molar-refractivity contribution >= 4 is 17.6 Å². The molecule has 2 heterocycles. The molecule has 0 spiro atoms. The highest BCUT2D eigenvalue weighted by atomic mass is 16.6. The van der Waals surface area contributed by atoms with Crippen LogP contribution in [0.5, 0.6) is 0 Å². The lowest BCUT2D eigenvalue weighted by atomic mass is 9.96. The van der Waals surface area contributed by atoms with Crippen LogP contribution in [0.15, 0.2) is 18.3 Å². The molecular weight excluding hydrogens is 326 g/mol. The summed E-state index contributed by atoms with van der Waals surface area (Å²) in [7, 11) is 0. The number of carbonyl (C=O) groups excluding carboxylic acids is 2. The predicted molar refractivity (Wildman–Crippen MR) is 89.6 cm³/mol. The summed E-state index contributed by atoms with van der Waals surface area (Å²) >= 11 is 0. The third-order valence-corrected chi connectivity index (χ3v) is 4.90. The second-order valence-corrected chi connectivity index (χ2v) is 6.61. The zero-order chi connectivity index (χ0) is 18.0. The van der Waals surface area contributed by atoms with Crippen molar-refractivity contribution in [3.63, 3.8) is 0 Å². The van der Waals surface area contributed by atoms with E-state index in [4.69, 9.17) is 5.73 Å². The van der Waals surface area contributed by atoms with Crippen molar-refractivity contribution in [2.24, 2.45) is 17.6 Å². The smallest absolute Gasteiger partial charge is 0.252 e. The number of pyridine rings is 1. The van der Waals surface area contributed by atoms with Crippen molar-refractivity contribution in [2.75, 3.05) is 24.5 Å². The van der Waals surface area contributed by atoms with Crippen molar-refractivity contribution in [2.45, 2.75) is 25.3 Å². The van der Waals surface area contributed by atoms with Gasteiger partial charge in [0.1, 0.15) is 11.7 Å². The van der Waals surface area contributed by atoms with Crippen LogP contribution in [0.1, 0.15) is 29.6 Å². The molecule has 0 radical (unpaired) electrons. The number of amides is 2. The van der Waals surface area contributed by atoms with E-state index >= 15 is 0 Å². The van der Waals surface area contributed by atoms with Crippen LogP contribution in [-0.2, 0) is 4.79 Å². The number of anilines is 1. The Bertz CT molecular complexity index is 687. The van der Waals surface area contributed by atoms with Crippen LogP contribution in [0.3, 0.4) is 0 Å². The van der Waals surface area contributed by atoms with Gasteiger partial charge in [0.05, 0.1) is 5.56 Å².